The molecule has 150 valence electrons. The number of nitrogens with one attached hydrogen (secondary N) is 2. The molecule has 3 atom stereocenters. The lowest BCUT2D eigenvalue weighted by molar-refractivity contribution is 0.0425. The first kappa shape index (κ1) is 21.4. The molecule has 26 heavy (non-hydrogen) atoms. The van der Waals surface area contributed by atoms with Crippen LogP contribution in [0.2, 0.25) is 0 Å². The molecule has 1 aromatic rings. The molecule has 0 bridgehead atoms. The summed E-state index contributed by atoms with van der Waals surface area (Å²) in [7, 11) is 4.17. The summed E-state index contributed by atoms with van der Waals surface area (Å²) in [6, 6.07) is 0. The number of likely N-dealkylation sites (N-methyl/N-ethyl adjacent to an activating group) is 2. The summed E-state index contributed by atoms with van der Waals surface area (Å²) in [6.07, 6.45) is 5.62. The van der Waals surface area contributed by atoms with Crippen molar-refractivity contribution in [1.29, 1.82) is 0 Å². The molecule has 0 saturated heterocycles. The van der Waals surface area contributed by atoms with Crippen LogP contribution >= 0.6 is 0 Å². The molecule has 0 unspecified atom stereocenters. The molecule has 2 rings (SSSR count). The van der Waals surface area contributed by atoms with Crippen molar-refractivity contribution >= 4 is 0 Å². The van der Waals surface area contributed by atoms with Crippen molar-refractivity contribution in [1.82, 2.24) is 20.4 Å². The number of rotatable bonds is 12. The molecule has 6 nitrogen and oxygen atoms in total. The topological polar surface area (TPSA) is 62.4 Å². The van der Waals surface area contributed by atoms with E-state index in [2.05, 4.69) is 47.5 Å². The van der Waals surface area contributed by atoms with E-state index in [0.717, 1.165) is 46.1 Å². The van der Waals surface area contributed by atoms with Crippen LogP contribution in [0.15, 0.2) is 6.20 Å². The van der Waals surface area contributed by atoms with Crippen molar-refractivity contribution < 1.29 is 9.47 Å². The van der Waals surface area contributed by atoms with Crippen LogP contribution in [0.4, 0.5) is 0 Å². The second kappa shape index (κ2) is 11.7. The lowest BCUT2D eigenvalue weighted by Crippen LogP contribution is -2.29. The van der Waals surface area contributed by atoms with Crippen LogP contribution < -0.4 is 5.32 Å². The quantitative estimate of drug-likeness (QED) is 0.595. The van der Waals surface area contributed by atoms with Gasteiger partial charge in [0.25, 0.3) is 0 Å². The summed E-state index contributed by atoms with van der Waals surface area (Å²) >= 11 is 0. The second-order valence-corrected chi connectivity index (χ2v) is 7.59. The van der Waals surface area contributed by atoms with E-state index in [4.69, 9.17) is 9.47 Å². The smallest absolute Gasteiger partial charge is 0.0698 e. The molecule has 6 heteroatoms. The minimum absolute atomic E-state index is 0.499. The van der Waals surface area contributed by atoms with Crippen LogP contribution in [0.3, 0.4) is 0 Å². The molecule has 0 radical (unpaired) electrons. The summed E-state index contributed by atoms with van der Waals surface area (Å²) in [6.45, 7) is 10.4. The van der Waals surface area contributed by atoms with Crippen LogP contribution in [0.25, 0.3) is 0 Å². The van der Waals surface area contributed by atoms with Crippen molar-refractivity contribution in [3.8, 4) is 0 Å². The SMILES string of the molecule is CCOC[C@@H]1C[C@H](COCC)C[C@H](c2n[nH]cc2CN(C)CCNC)C1. The van der Waals surface area contributed by atoms with Crippen molar-refractivity contribution in [2.75, 3.05) is 53.6 Å². The summed E-state index contributed by atoms with van der Waals surface area (Å²) < 4.78 is 11.5. The van der Waals surface area contributed by atoms with Gasteiger partial charge >= 0.3 is 0 Å². The molecule has 1 fully saturated rings. The Labute approximate surface area is 159 Å². The summed E-state index contributed by atoms with van der Waals surface area (Å²) in [5.41, 5.74) is 2.59. The first-order valence-corrected chi connectivity index (χ1v) is 10.2. The Bertz CT molecular complexity index is 478. The average Bonchev–Trinajstić information content (AvgIpc) is 3.10. The van der Waals surface area contributed by atoms with Gasteiger partial charge in [-0.2, -0.15) is 5.10 Å². The second-order valence-electron chi connectivity index (χ2n) is 7.59. The van der Waals surface area contributed by atoms with Crippen LogP contribution in [-0.4, -0.2) is 68.7 Å². The van der Waals surface area contributed by atoms with Crippen LogP contribution in [-0.2, 0) is 16.0 Å². The van der Waals surface area contributed by atoms with E-state index in [1.165, 1.54) is 30.5 Å². The minimum Gasteiger partial charge on any atom is -0.381 e. The number of aromatic nitrogens is 2. The molecule has 2 N–H and O–H groups in total. The van der Waals surface area contributed by atoms with E-state index in [0.29, 0.717) is 17.8 Å². The molecule has 1 heterocycles. The van der Waals surface area contributed by atoms with Gasteiger partial charge in [0.2, 0.25) is 0 Å². The fourth-order valence-electron chi connectivity index (χ4n) is 4.11. The van der Waals surface area contributed by atoms with Gasteiger partial charge in [0.15, 0.2) is 0 Å². The van der Waals surface area contributed by atoms with Gasteiger partial charge in [0, 0.05) is 63.7 Å². The van der Waals surface area contributed by atoms with E-state index in [-0.39, 0.29) is 0 Å². The number of nitrogens with zero attached hydrogens (tertiary/aromatic N) is 2. The van der Waals surface area contributed by atoms with E-state index in [1.54, 1.807) is 0 Å². The predicted molar refractivity (Wildman–Crippen MR) is 105 cm³/mol. The molecule has 0 amide bonds. The average molecular weight is 367 g/mol. The highest BCUT2D eigenvalue weighted by Crippen LogP contribution is 2.40. The summed E-state index contributed by atoms with van der Waals surface area (Å²) in [5, 5.41) is 11.0. The van der Waals surface area contributed by atoms with E-state index in [1.807, 2.05) is 7.05 Å². The van der Waals surface area contributed by atoms with Gasteiger partial charge in [-0.05, 0) is 59.0 Å². The standard InChI is InChI=1S/C20H38N4O2/c1-5-25-14-16-9-17(15-26-6-2)11-18(10-16)20-19(12-22-23-20)13-24(4)8-7-21-3/h12,16-18,21H,5-11,13-15H2,1-4H3,(H,22,23)/t16-,17+,18-. The van der Waals surface area contributed by atoms with E-state index >= 15 is 0 Å². The lowest BCUT2D eigenvalue weighted by Gasteiger charge is -2.34. The molecule has 0 aliphatic heterocycles. The Morgan fingerprint density at radius 3 is 2.38 bits per heavy atom. The highest BCUT2D eigenvalue weighted by Gasteiger charge is 2.32. The molecule has 0 aromatic carbocycles. The Balaban J connectivity index is 2.03. The van der Waals surface area contributed by atoms with Crippen LogP contribution in [0.5, 0.6) is 0 Å². The zero-order valence-corrected chi connectivity index (χ0v) is 17.1. The Kier molecular flexibility index (Phi) is 9.61. The molecule has 1 aliphatic carbocycles. The zero-order valence-electron chi connectivity index (χ0n) is 17.1. The predicted octanol–water partition coefficient (Wildman–Crippen LogP) is 2.63. The molecular weight excluding hydrogens is 328 g/mol. The minimum atomic E-state index is 0.499. The zero-order chi connectivity index (χ0) is 18.8. The van der Waals surface area contributed by atoms with E-state index < -0.39 is 0 Å². The molecular formula is C20H38N4O2. The lowest BCUT2D eigenvalue weighted by atomic mass is 9.74. The van der Waals surface area contributed by atoms with Crippen molar-refractivity contribution in [3.05, 3.63) is 17.5 Å². The molecule has 0 spiro atoms. The number of ether oxygens (including phenoxy) is 2. The maximum Gasteiger partial charge on any atom is 0.0698 e. The summed E-state index contributed by atoms with van der Waals surface area (Å²) in [5.74, 6) is 1.70. The fraction of sp³-hybridized carbons (Fsp3) is 0.850. The van der Waals surface area contributed by atoms with Gasteiger partial charge in [0.1, 0.15) is 0 Å². The van der Waals surface area contributed by atoms with Gasteiger partial charge in [-0.3, -0.25) is 5.10 Å². The third-order valence-electron chi connectivity index (χ3n) is 5.34. The Morgan fingerprint density at radius 2 is 1.81 bits per heavy atom. The van der Waals surface area contributed by atoms with Gasteiger partial charge in [-0.15, -0.1) is 0 Å². The monoisotopic (exact) mass is 366 g/mol. The van der Waals surface area contributed by atoms with Gasteiger partial charge < -0.3 is 19.7 Å². The molecule has 1 aromatic heterocycles. The van der Waals surface area contributed by atoms with Gasteiger partial charge in [-0.1, -0.05) is 0 Å². The normalized spacial score (nSPS) is 23.7. The van der Waals surface area contributed by atoms with Gasteiger partial charge in [0.05, 0.1) is 5.69 Å². The summed E-state index contributed by atoms with van der Waals surface area (Å²) in [4.78, 5) is 2.35. The fourth-order valence-corrected chi connectivity index (χ4v) is 4.11. The van der Waals surface area contributed by atoms with E-state index in [9.17, 15) is 0 Å². The van der Waals surface area contributed by atoms with Crippen LogP contribution in [0.1, 0.15) is 50.3 Å². The highest BCUT2D eigenvalue weighted by molar-refractivity contribution is 5.21. The van der Waals surface area contributed by atoms with Crippen molar-refractivity contribution in [3.63, 3.8) is 0 Å². The third kappa shape index (κ3) is 6.65. The van der Waals surface area contributed by atoms with Gasteiger partial charge in [-0.25, -0.2) is 0 Å². The number of hydrogen-bond acceptors (Lipinski definition) is 5. The largest absolute Gasteiger partial charge is 0.381 e. The number of hydrogen-bond donors (Lipinski definition) is 2. The van der Waals surface area contributed by atoms with Crippen molar-refractivity contribution in [2.24, 2.45) is 11.8 Å². The first-order valence-electron chi connectivity index (χ1n) is 10.2. The Morgan fingerprint density at radius 1 is 1.15 bits per heavy atom. The number of H-pyrrole nitrogens is 1. The maximum absolute atomic E-state index is 5.75. The number of aromatic amines is 1. The first-order chi connectivity index (χ1) is 12.7. The van der Waals surface area contributed by atoms with Crippen molar-refractivity contribution in [2.45, 2.75) is 45.6 Å². The van der Waals surface area contributed by atoms with Crippen LogP contribution in [0, 0.1) is 11.8 Å². The Hall–Kier alpha value is -0.950. The maximum atomic E-state index is 5.75. The third-order valence-corrected chi connectivity index (χ3v) is 5.34. The molecule has 1 saturated carbocycles. The molecule has 1 aliphatic rings. The highest BCUT2D eigenvalue weighted by atomic mass is 16.5.